The molecule has 0 atom stereocenters. The number of piperidine rings is 1. The average molecular weight is 356 g/mol. The largest absolute Gasteiger partial charge is 0.484 e. The minimum absolute atomic E-state index is 0.00846. The molecule has 0 bridgehead atoms. The maximum Gasteiger partial charge on any atom is 0.260 e. The van der Waals surface area contributed by atoms with E-state index in [-0.39, 0.29) is 30.2 Å². The predicted octanol–water partition coefficient (Wildman–Crippen LogP) is 3.08. The first kappa shape index (κ1) is 17.9. The molecule has 2 aromatic rings. The maximum absolute atomic E-state index is 12.9. The van der Waals surface area contributed by atoms with Crippen molar-refractivity contribution >= 4 is 17.5 Å². The molecule has 0 aromatic heterocycles. The summed E-state index contributed by atoms with van der Waals surface area (Å²) < 4.78 is 18.2. The van der Waals surface area contributed by atoms with Gasteiger partial charge in [-0.1, -0.05) is 18.2 Å². The number of hydrogen-bond donors (Lipinski definition) is 1. The van der Waals surface area contributed by atoms with E-state index in [0.717, 1.165) is 5.69 Å². The molecule has 26 heavy (non-hydrogen) atoms. The third kappa shape index (κ3) is 4.81. The second-order valence-electron chi connectivity index (χ2n) is 6.25. The minimum atomic E-state index is -0.348. The SMILES string of the molecule is O=C(Nc1ccccc1)C1CCN(C(=O)COc2ccc(F)cc2)CC1. The number of nitrogens with zero attached hydrogens (tertiary/aromatic N) is 1. The second-order valence-corrected chi connectivity index (χ2v) is 6.25. The molecule has 0 aliphatic carbocycles. The van der Waals surface area contributed by atoms with Gasteiger partial charge >= 0.3 is 0 Å². The highest BCUT2D eigenvalue weighted by atomic mass is 19.1. The van der Waals surface area contributed by atoms with Gasteiger partial charge < -0.3 is 15.0 Å². The van der Waals surface area contributed by atoms with E-state index in [1.807, 2.05) is 30.3 Å². The number of likely N-dealkylation sites (tertiary alicyclic amines) is 1. The highest BCUT2D eigenvalue weighted by Crippen LogP contribution is 2.20. The molecule has 1 saturated heterocycles. The molecular weight excluding hydrogens is 335 g/mol. The Morgan fingerprint density at radius 1 is 1.04 bits per heavy atom. The van der Waals surface area contributed by atoms with E-state index in [0.29, 0.717) is 31.7 Å². The van der Waals surface area contributed by atoms with Gasteiger partial charge in [-0.3, -0.25) is 9.59 Å². The molecule has 3 rings (SSSR count). The second kappa shape index (κ2) is 8.47. The van der Waals surface area contributed by atoms with Crippen LogP contribution in [0.1, 0.15) is 12.8 Å². The molecule has 0 saturated carbocycles. The van der Waals surface area contributed by atoms with Crippen LogP contribution in [0.15, 0.2) is 54.6 Å². The lowest BCUT2D eigenvalue weighted by atomic mass is 9.95. The van der Waals surface area contributed by atoms with Crippen LogP contribution in [0.2, 0.25) is 0 Å². The van der Waals surface area contributed by atoms with Crippen LogP contribution in [-0.4, -0.2) is 36.4 Å². The number of nitrogens with one attached hydrogen (secondary N) is 1. The summed E-state index contributed by atoms with van der Waals surface area (Å²) in [6.07, 6.45) is 1.25. The predicted molar refractivity (Wildman–Crippen MR) is 96.3 cm³/mol. The normalized spacial score (nSPS) is 14.7. The van der Waals surface area contributed by atoms with Crippen molar-refractivity contribution in [3.8, 4) is 5.75 Å². The van der Waals surface area contributed by atoms with Gasteiger partial charge in [0, 0.05) is 24.7 Å². The number of ether oxygens (including phenoxy) is 1. The van der Waals surface area contributed by atoms with E-state index in [4.69, 9.17) is 4.74 Å². The summed E-state index contributed by atoms with van der Waals surface area (Å²) in [6, 6.07) is 14.9. The van der Waals surface area contributed by atoms with Crippen LogP contribution in [0.3, 0.4) is 0 Å². The molecule has 0 radical (unpaired) electrons. The average Bonchev–Trinajstić information content (AvgIpc) is 2.68. The summed E-state index contributed by atoms with van der Waals surface area (Å²) in [7, 11) is 0. The van der Waals surface area contributed by atoms with Crippen molar-refractivity contribution in [3.63, 3.8) is 0 Å². The Morgan fingerprint density at radius 3 is 2.35 bits per heavy atom. The van der Waals surface area contributed by atoms with E-state index < -0.39 is 0 Å². The molecule has 136 valence electrons. The highest BCUT2D eigenvalue weighted by Gasteiger charge is 2.27. The van der Waals surface area contributed by atoms with Gasteiger partial charge in [0.2, 0.25) is 5.91 Å². The molecule has 6 heteroatoms. The number of amides is 2. The Morgan fingerprint density at radius 2 is 1.69 bits per heavy atom. The first-order valence-corrected chi connectivity index (χ1v) is 8.64. The molecular formula is C20H21FN2O3. The van der Waals surface area contributed by atoms with Gasteiger partial charge in [0.05, 0.1) is 0 Å². The Labute approximate surface area is 151 Å². The standard InChI is InChI=1S/C20H21FN2O3/c21-16-6-8-18(9-7-16)26-14-19(24)23-12-10-15(11-13-23)20(25)22-17-4-2-1-3-5-17/h1-9,15H,10-14H2,(H,22,25). The number of halogens is 1. The Kier molecular flexibility index (Phi) is 5.84. The smallest absolute Gasteiger partial charge is 0.260 e. The fraction of sp³-hybridized carbons (Fsp3) is 0.300. The van der Waals surface area contributed by atoms with Crippen molar-refractivity contribution in [2.75, 3.05) is 25.0 Å². The van der Waals surface area contributed by atoms with Crippen molar-refractivity contribution < 1.29 is 18.7 Å². The van der Waals surface area contributed by atoms with Crippen LogP contribution < -0.4 is 10.1 Å². The topological polar surface area (TPSA) is 58.6 Å². The highest BCUT2D eigenvalue weighted by molar-refractivity contribution is 5.92. The minimum Gasteiger partial charge on any atom is -0.484 e. The Bertz CT molecular complexity index is 741. The van der Waals surface area contributed by atoms with Crippen LogP contribution in [0.4, 0.5) is 10.1 Å². The number of hydrogen-bond acceptors (Lipinski definition) is 3. The van der Waals surface area contributed by atoms with E-state index in [9.17, 15) is 14.0 Å². The summed E-state index contributed by atoms with van der Waals surface area (Å²) >= 11 is 0. The van der Waals surface area contributed by atoms with Gasteiger partial charge in [0.25, 0.3) is 5.91 Å². The number of carbonyl (C=O) groups is 2. The number of para-hydroxylation sites is 1. The summed E-state index contributed by atoms with van der Waals surface area (Å²) in [5.74, 6) is -0.129. The summed E-state index contributed by atoms with van der Waals surface area (Å²) in [5, 5.41) is 2.91. The van der Waals surface area contributed by atoms with Gasteiger partial charge in [0.1, 0.15) is 11.6 Å². The molecule has 1 aliphatic rings. The maximum atomic E-state index is 12.9. The van der Waals surface area contributed by atoms with Crippen molar-refractivity contribution in [1.29, 1.82) is 0 Å². The Hall–Kier alpha value is -2.89. The van der Waals surface area contributed by atoms with Crippen LogP contribution >= 0.6 is 0 Å². The molecule has 1 N–H and O–H groups in total. The molecule has 0 unspecified atom stereocenters. The molecule has 1 fully saturated rings. The third-order valence-electron chi connectivity index (χ3n) is 4.44. The quantitative estimate of drug-likeness (QED) is 0.896. The molecule has 1 aliphatic heterocycles. The molecule has 2 amide bonds. The number of anilines is 1. The van der Waals surface area contributed by atoms with E-state index in [2.05, 4.69) is 5.32 Å². The molecule has 1 heterocycles. The van der Waals surface area contributed by atoms with Crippen molar-refractivity contribution in [3.05, 3.63) is 60.4 Å². The molecule has 2 aromatic carbocycles. The van der Waals surface area contributed by atoms with Crippen LogP contribution in [-0.2, 0) is 9.59 Å². The zero-order valence-corrected chi connectivity index (χ0v) is 14.4. The summed E-state index contributed by atoms with van der Waals surface area (Å²) in [4.78, 5) is 26.2. The first-order chi connectivity index (χ1) is 12.6. The number of rotatable bonds is 5. The monoisotopic (exact) mass is 356 g/mol. The van der Waals surface area contributed by atoms with E-state index in [1.165, 1.54) is 24.3 Å². The lowest BCUT2D eigenvalue weighted by molar-refractivity contribution is -0.136. The van der Waals surface area contributed by atoms with Crippen molar-refractivity contribution in [2.45, 2.75) is 12.8 Å². The van der Waals surface area contributed by atoms with Gasteiger partial charge in [-0.25, -0.2) is 4.39 Å². The number of benzene rings is 2. The lowest BCUT2D eigenvalue weighted by Crippen LogP contribution is -2.43. The summed E-state index contributed by atoms with van der Waals surface area (Å²) in [5.41, 5.74) is 0.781. The van der Waals surface area contributed by atoms with Crippen molar-refractivity contribution in [2.24, 2.45) is 5.92 Å². The Balaban J connectivity index is 1.43. The van der Waals surface area contributed by atoms with Crippen molar-refractivity contribution in [1.82, 2.24) is 4.90 Å². The summed E-state index contributed by atoms with van der Waals surface area (Å²) in [6.45, 7) is 0.962. The van der Waals surface area contributed by atoms with Gasteiger partial charge in [-0.15, -0.1) is 0 Å². The van der Waals surface area contributed by atoms with E-state index >= 15 is 0 Å². The lowest BCUT2D eigenvalue weighted by Gasteiger charge is -2.31. The van der Waals surface area contributed by atoms with Gasteiger partial charge in [0.15, 0.2) is 6.61 Å². The van der Waals surface area contributed by atoms with Crippen LogP contribution in [0, 0.1) is 11.7 Å². The fourth-order valence-electron chi connectivity index (χ4n) is 2.92. The van der Waals surface area contributed by atoms with Gasteiger partial charge in [-0.05, 0) is 49.2 Å². The molecule has 0 spiro atoms. The zero-order chi connectivity index (χ0) is 18.4. The number of carbonyl (C=O) groups excluding carboxylic acids is 2. The third-order valence-corrected chi connectivity index (χ3v) is 4.44. The first-order valence-electron chi connectivity index (χ1n) is 8.64. The van der Waals surface area contributed by atoms with Crippen LogP contribution in [0.5, 0.6) is 5.75 Å². The van der Waals surface area contributed by atoms with E-state index in [1.54, 1.807) is 4.90 Å². The molecule has 5 nitrogen and oxygen atoms in total. The van der Waals surface area contributed by atoms with Gasteiger partial charge in [-0.2, -0.15) is 0 Å². The zero-order valence-electron chi connectivity index (χ0n) is 14.4. The fourth-order valence-corrected chi connectivity index (χ4v) is 2.92. The van der Waals surface area contributed by atoms with Crippen LogP contribution in [0.25, 0.3) is 0 Å².